The maximum absolute atomic E-state index is 12.8. The standard InChI is InChI=1S/C24H19N2O/c25-17-18-11-13-21(14-12-18)26-22(15-16-23(26)27)24(19-7-3-1-4-8-19)20-9-5-2-6-10-20/h1-14,22H,15-16H2. The monoisotopic (exact) mass is 351 g/mol. The molecule has 0 aliphatic carbocycles. The minimum Gasteiger partial charge on any atom is -0.308 e. The van der Waals surface area contributed by atoms with E-state index in [1.165, 1.54) is 0 Å². The molecule has 0 spiro atoms. The SMILES string of the molecule is N#Cc1ccc(N2C(=O)CCC2[C](c2ccccc2)c2ccccc2)cc1. The number of nitriles is 1. The van der Waals surface area contributed by atoms with E-state index >= 15 is 0 Å². The minimum atomic E-state index is -0.0322. The molecule has 1 aliphatic rings. The van der Waals surface area contributed by atoms with Crippen molar-refractivity contribution in [2.75, 3.05) is 4.90 Å². The molecule has 1 aliphatic heterocycles. The molecule has 0 aromatic heterocycles. The van der Waals surface area contributed by atoms with Gasteiger partial charge >= 0.3 is 0 Å². The molecule has 3 aromatic rings. The van der Waals surface area contributed by atoms with E-state index in [9.17, 15) is 4.79 Å². The Hall–Kier alpha value is -3.38. The quantitative estimate of drug-likeness (QED) is 0.682. The molecule has 3 heteroatoms. The van der Waals surface area contributed by atoms with E-state index in [1.807, 2.05) is 53.4 Å². The van der Waals surface area contributed by atoms with Gasteiger partial charge in [0.25, 0.3) is 0 Å². The summed E-state index contributed by atoms with van der Waals surface area (Å²) >= 11 is 0. The van der Waals surface area contributed by atoms with Crippen molar-refractivity contribution in [1.29, 1.82) is 5.26 Å². The molecule has 1 unspecified atom stereocenters. The van der Waals surface area contributed by atoms with Gasteiger partial charge in [-0.1, -0.05) is 60.7 Å². The van der Waals surface area contributed by atoms with Crippen LogP contribution in [0.15, 0.2) is 84.9 Å². The smallest absolute Gasteiger partial charge is 0.227 e. The number of nitrogens with zero attached hydrogens (tertiary/aromatic N) is 2. The first-order valence-electron chi connectivity index (χ1n) is 9.08. The fraction of sp³-hybridized carbons (Fsp3) is 0.125. The Morgan fingerprint density at radius 3 is 1.93 bits per heavy atom. The van der Waals surface area contributed by atoms with Crippen LogP contribution in [-0.4, -0.2) is 11.9 Å². The number of rotatable bonds is 4. The third-order valence-corrected chi connectivity index (χ3v) is 4.99. The average Bonchev–Trinajstić information content (AvgIpc) is 3.11. The fourth-order valence-corrected chi connectivity index (χ4v) is 3.76. The van der Waals surface area contributed by atoms with E-state index in [1.54, 1.807) is 12.1 Å². The van der Waals surface area contributed by atoms with Gasteiger partial charge in [-0.15, -0.1) is 0 Å². The van der Waals surface area contributed by atoms with Crippen LogP contribution >= 0.6 is 0 Å². The van der Waals surface area contributed by atoms with Crippen molar-refractivity contribution in [3.63, 3.8) is 0 Å². The van der Waals surface area contributed by atoms with Gasteiger partial charge in [-0.2, -0.15) is 5.26 Å². The first-order valence-corrected chi connectivity index (χ1v) is 9.08. The summed E-state index contributed by atoms with van der Waals surface area (Å²) < 4.78 is 0. The lowest BCUT2D eigenvalue weighted by molar-refractivity contribution is -0.117. The zero-order valence-corrected chi connectivity index (χ0v) is 14.9. The highest BCUT2D eigenvalue weighted by Crippen LogP contribution is 2.38. The van der Waals surface area contributed by atoms with Crippen molar-refractivity contribution in [1.82, 2.24) is 0 Å². The van der Waals surface area contributed by atoms with Crippen LogP contribution in [0.4, 0.5) is 5.69 Å². The van der Waals surface area contributed by atoms with Gasteiger partial charge in [0, 0.05) is 12.1 Å². The molecule has 131 valence electrons. The van der Waals surface area contributed by atoms with Crippen molar-refractivity contribution in [3.8, 4) is 6.07 Å². The number of hydrogen-bond acceptors (Lipinski definition) is 2. The van der Waals surface area contributed by atoms with E-state index in [0.717, 1.165) is 29.2 Å². The summed E-state index contributed by atoms with van der Waals surface area (Å²) in [6.07, 6.45) is 1.30. The number of carbonyl (C=O) groups excluding carboxylic acids is 1. The molecule has 1 radical (unpaired) electrons. The van der Waals surface area contributed by atoms with Gasteiger partial charge in [-0.25, -0.2) is 0 Å². The van der Waals surface area contributed by atoms with Crippen LogP contribution in [0.25, 0.3) is 0 Å². The summed E-state index contributed by atoms with van der Waals surface area (Å²) in [7, 11) is 0. The molecule has 1 fully saturated rings. The lowest BCUT2D eigenvalue weighted by Gasteiger charge is -2.32. The topological polar surface area (TPSA) is 44.1 Å². The zero-order chi connectivity index (χ0) is 18.6. The average molecular weight is 351 g/mol. The van der Waals surface area contributed by atoms with Gasteiger partial charge < -0.3 is 4.90 Å². The highest BCUT2D eigenvalue weighted by atomic mass is 16.2. The van der Waals surface area contributed by atoms with Crippen LogP contribution < -0.4 is 4.90 Å². The Labute approximate surface area is 159 Å². The Kier molecular flexibility index (Phi) is 4.72. The van der Waals surface area contributed by atoms with E-state index in [4.69, 9.17) is 5.26 Å². The van der Waals surface area contributed by atoms with Gasteiger partial charge in [-0.05, 0) is 41.8 Å². The molecule has 0 bridgehead atoms. The highest BCUT2D eigenvalue weighted by molar-refractivity contribution is 5.97. The van der Waals surface area contributed by atoms with Crippen LogP contribution in [0.1, 0.15) is 29.5 Å². The van der Waals surface area contributed by atoms with Crippen LogP contribution in [-0.2, 0) is 4.79 Å². The summed E-state index contributed by atoms with van der Waals surface area (Å²) in [6, 6.07) is 29.9. The van der Waals surface area contributed by atoms with Crippen LogP contribution in [0.5, 0.6) is 0 Å². The van der Waals surface area contributed by atoms with Gasteiger partial charge in [-0.3, -0.25) is 4.79 Å². The van der Waals surface area contributed by atoms with E-state index < -0.39 is 0 Å². The van der Waals surface area contributed by atoms with E-state index in [-0.39, 0.29) is 11.9 Å². The summed E-state index contributed by atoms with van der Waals surface area (Å²) in [5.41, 5.74) is 3.69. The van der Waals surface area contributed by atoms with Gasteiger partial charge in [0.15, 0.2) is 0 Å². The Morgan fingerprint density at radius 2 is 1.41 bits per heavy atom. The van der Waals surface area contributed by atoms with Gasteiger partial charge in [0.1, 0.15) is 0 Å². The molecule has 1 saturated heterocycles. The predicted octanol–water partition coefficient (Wildman–Crippen LogP) is 4.72. The predicted molar refractivity (Wildman–Crippen MR) is 106 cm³/mol. The second kappa shape index (κ2) is 7.47. The molecule has 1 amide bonds. The number of hydrogen-bond donors (Lipinski definition) is 0. The van der Waals surface area contributed by atoms with Crippen LogP contribution in [0.3, 0.4) is 0 Å². The second-order valence-corrected chi connectivity index (χ2v) is 6.62. The summed E-state index contributed by atoms with van der Waals surface area (Å²) in [5.74, 6) is 1.28. The summed E-state index contributed by atoms with van der Waals surface area (Å²) in [4.78, 5) is 14.6. The first kappa shape index (κ1) is 17.1. The van der Waals surface area contributed by atoms with Crippen molar-refractivity contribution in [2.24, 2.45) is 0 Å². The second-order valence-electron chi connectivity index (χ2n) is 6.62. The number of anilines is 1. The number of benzene rings is 3. The third kappa shape index (κ3) is 3.35. The molecular weight excluding hydrogens is 332 g/mol. The van der Waals surface area contributed by atoms with Crippen molar-refractivity contribution in [2.45, 2.75) is 18.9 Å². The fourth-order valence-electron chi connectivity index (χ4n) is 3.76. The van der Waals surface area contributed by atoms with E-state index in [0.29, 0.717) is 12.0 Å². The molecule has 0 N–H and O–H groups in total. The molecule has 27 heavy (non-hydrogen) atoms. The van der Waals surface area contributed by atoms with Gasteiger partial charge in [0.05, 0.1) is 23.6 Å². The summed E-state index contributed by atoms with van der Waals surface area (Å²) in [6.45, 7) is 0. The molecule has 1 atom stereocenters. The van der Waals surface area contributed by atoms with E-state index in [2.05, 4.69) is 30.3 Å². The third-order valence-electron chi connectivity index (χ3n) is 4.99. The molecule has 1 heterocycles. The van der Waals surface area contributed by atoms with Crippen molar-refractivity contribution < 1.29 is 4.79 Å². The zero-order valence-electron chi connectivity index (χ0n) is 14.9. The Balaban J connectivity index is 1.78. The molecule has 4 rings (SSSR count). The number of carbonyl (C=O) groups is 1. The number of amides is 1. The highest BCUT2D eigenvalue weighted by Gasteiger charge is 2.39. The van der Waals surface area contributed by atoms with Crippen LogP contribution in [0.2, 0.25) is 0 Å². The summed E-state index contributed by atoms with van der Waals surface area (Å²) in [5, 5.41) is 9.05. The van der Waals surface area contributed by atoms with Crippen LogP contribution in [0, 0.1) is 17.2 Å². The maximum atomic E-state index is 12.8. The first-order chi connectivity index (χ1) is 13.3. The Morgan fingerprint density at radius 1 is 0.852 bits per heavy atom. The largest absolute Gasteiger partial charge is 0.308 e. The van der Waals surface area contributed by atoms with Gasteiger partial charge in [0.2, 0.25) is 5.91 Å². The van der Waals surface area contributed by atoms with Crippen molar-refractivity contribution in [3.05, 3.63) is 108 Å². The molecule has 0 saturated carbocycles. The maximum Gasteiger partial charge on any atom is 0.227 e. The Bertz CT molecular complexity index is 919. The molecular formula is C24H19N2O. The lowest BCUT2D eigenvalue weighted by Crippen LogP contribution is -2.38. The molecule has 3 nitrogen and oxygen atoms in total. The lowest BCUT2D eigenvalue weighted by atomic mass is 9.83. The minimum absolute atomic E-state index is 0.0322. The normalized spacial score (nSPS) is 16.5. The molecule has 3 aromatic carbocycles. The van der Waals surface area contributed by atoms with Crippen molar-refractivity contribution >= 4 is 11.6 Å².